The maximum Gasteiger partial charge on any atom is 0.324 e. The molecule has 1 aliphatic heterocycles. The van der Waals surface area contributed by atoms with Gasteiger partial charge >= 0.3 is 11.9 Å². The van der Waals surface area contributed by atoms with Crippen LogP contribution >= 0.6 is 0 Å². The maximum absolute atomic E-state index is 11.0. The number of carbonyl (C=O) groups is 2. The minimum Gasteiger partial charge on any atom is -0.469 e. The van der Waals surface area contributed by atoms with Crippen molar-refractivity contribution in [3.05, 3.63) is 0 Å². The van der Waals surface area contributed by atoms with Crippen LogP contribution in [0.5, 0.6) is 0 Å². The lowest BCUT2D eigenvalue weighted by Gasteiger charge is -2.11. The van der Waals surface area contributed by atoms with Crippen LogP contribution in [0.3, 0.4) is 0 Å². The number of rotatable bonds is 1. The van der Waals surface area contributed by atoms with E-state index in [2.05, 4.69) is 4.74 Å². The predicted octanol–water partition coefficient (Wildman–Crippen LogP) is -0.952. The molecule has 1 aliphatic rings. The predicted molar refractivity (Wildman–Crippen MR) is 39.0 cm³/mol. The number of hydrogen-bond donors (Lipinski definition) is 1. The van der Waals surface area contributed by atoms with Gasteiger partial charge in [0.25, 0.3) is 0 Å². The van der Waals surface area contributed by atoms with Gasteiger partial charge in [-0.25, -0.2) is 0 Å². The normalized spacial score (nSPS) is 34.6. The average molecular weight is 173 g/mol. The molecule has 0 aromatic heterocycles. The van der Waals surface area contributed by atoms with Crippen LogP contribution in [-0.2, 0) is 19.1 Å². The summed E-state index contributed by atoms with van der Waals surface area (Å²) < 4.78 is 9.22. The van der Waals surface area contributed by atoms with Gasteiger partial charge in [-0.05, 0) is 6.92 Å². The SMILES string of the molecule is COC(=O)[C@@H]1[C@H](N)C(=O)O[C@@H]1C. The molecule has 5 nitrogen and oxygen atoms in total. The van der Waals surface area contributed by atoms with E-state index < -0.39 is 30.0 Å². The summed E-state index contributed by atoms with van der Waals surface area (Å²) in [6.07, 6.45) is -0.486. The molecular weight excluding hydrogens is 162 g/mol. The molecule has 0 aromatic rings. The first-order valence-corrected chi connectivity index (χ1v) is 3.62. The van der Waals surface area contributed by atoms with Crippen molar-refractivity contribution in [1.82, 2.24) is 0 Å². The van der Waals surface area contributed by atoms with E-state index in [9.17, 15) is 9.59 Å². The van der Waals surface area contributed by atoms with Crippen LogP contribution < -0.4 is 5.73 Å². The lowest BCUT2D eigenvalue weighted by atomic mass is 9.99. The molecule has 68 valence electrons. The lowest BCUT2D eigenvalue weighted by Crippen LogP contribution is -2.39. The van der Waals surface area contributed by atoms with Crippen LogP contribution in [0.25, 0.3) is 0 Å². The summed E-state index contributed by atoms with van der Waals surface area (Å²) in [5.74, 6) is -1.71. The van der Waals surface area contributed by atoms with Crippen molar-refractivity contribution in [2.24, 2.45) is 11.7 Å². The van der Waals surface area contributed by atoms with Gasteiger partial charge in [0, 0.05) is 0 Å². The average Bonchev–Trinajstić information content (AvgIpc) is 2.26. The van der Waals surface area contributed by atoms with Crippen molar-refractivity contribution < 1.29 is 19.1 Å². The van der Waals surface area contributed by atoms with Crippen LogP contribution in [0.1, 0.15) is 6.92 Å². The first-order valence-electron chi connectivity index (χ1n) is 3.62. The summed E-state index contributed by atoms with van der Waals surface area (Å²) in [5.41, 5.74) is 5.41. The Balaban J connectivity index is 2.76. The van der Waals surface area contributed by atoms with E-state index in [0.29, 0.717) is 0 Å². The van der Waals surface area contributed by atoms with Crippen molar-refractivity contribution in [2.45, 2.75) is 19.1 Å². The third-order valence-corrected chi connectivity index (χ3v) is 1.94. The number of esters is 2. The summed E-state index contributed by atoms with van der Waals surface area (Å²) in [7, 11) is 1.25. The van der Waals surface area contributed by atoms with Gasteiger partial charge in [0.15, 0.2) is 0 Å². The second-order valence-electron chi connectivity index (χ2n) is 2.72. The van der Waals surface area contributed by atoms with Gasteiger partial charge in [0.1, 0.15) is 18.1 Å². The van der Waals surface area contributed by atoms with Gasteiger partial charge < -0.3 is 15.2 Å². The van der Waals surface area contributed by atoms with Crippen LogP contribution in [0.2, 0.25) is 0 Å². The molecule has 5 heteroatoms. The highest BCUT2D eigenvalue weighted by Gasteiger charge is 2.45. The molecule has 1 fully saturated rings. The summed E-state index contributed by atoms with van der Waals surface area (Å²) in [5, 5.41) is 0. The number of carbonyl (C=O) groups excluding carboxylic acids is 2. The van der Waals surface area contributed by atoms with Crippen LogP contribution in [0.15, 0.2) is 0 Å². The van der Waals surface area contributed by atoms with E-state index in [-0.39, 0.29) is 0 Å². The van der Waals surface area contributed by atoms with Gasteiger partial charge in [0.05, 0.1) is 7.11 Å². The Kier molecular flexibility index (Phi) is 2.32. The molecule has 0 radical (unpaired) electrons. The Hall–Kier alpha value is -1.10. The Labute approximate surface area is 69.8 Å². The molecule has 0 saturated carbocycles. The minimum atomic E-state index is -0.882. The van der Waals surface area contributed by atoms with E-state index >= 15 is 0 Å². The molecule has 0 aliphatic carbocycles. The molecule has 2 N–H and O–H groups in total. The first-order chi connectivity index (χ1) is 5.57. The monoisotopic (exact) mass is 173 g/mol. The fourth-order valence-electron chi connectivity index (χ4n) is 1.25. The van der Waals surface area contributed by atoms with Gasteiger partial charge in [-0.1, -0.05) is 0 Å². The highest BCUT2D eigenvalue weighted by molar-refractivity contribution is 5.87. The number of cyclic esters (lactones) is 1. The summed E-state index contributed by atoms with van der Waals surface area (Å²) in [6, 6.07) is -0.882. The number of nitrogens with two attached hydrogens (primary N) is 1. The zero-order chi connectivity index (χ0) is 9.30. The van der Waals surface area contributed by atoms with E-state index in [0.717, 1.165) is 0 Å². The minimum absolute atomic E-state index is 0.486. The highest BCUT2D eigenvalue weighted by atomic mass is 16.6. The van der Waals surface area contributed by atoms with Crippen molar-refractivity contribution in [3.8, 4) is 0 Å². The topological polar surface area (TPSA) is 78.6 Å². The molecule has 0 unspecified atom stereocenters. The molecule has 1 saturated heterocycles. The number of methoxy groups -OCH3 is 1. The van der Waals surface area contributed by atoms with E-state index in [4.69, 9.17) is 10.5 Å². The zero-order valence-electron chi connectivity index (χ0n) is 6.94. The van der Waals surface area contributed by atoms with E-state index in [1.165, 1.54) is 7.11 Å². The number of ether oxygens (including phenoxy) is 2. The Morgan fingerprint density at radius 2 is 2.25 bits per heavy atom. The Bertz CT molecular complexity index is 215. The van der Waals surface area contributed by atoms with Gasteiger partial charge in [0.2, 0.25) is 0 Å². The first kappa shape index (κ1) is 8.99. The fraction of sp³-hybridized carbons (Fsp3) is 0.714. The maximum atomic E-state index is 11.0. The third kappa shape index (κ3) is 1.27. The summed E-state index contributed by atoms with van der Waals surface area (Å²) >= 11 is 0. The second-order valence-corrected chi connectivity index (χ2v) is 2.72. The second kappa shape index (κ2) is 3.10. The zero-order valence-corrected chi connectivity index (χ0v) is 6.94. The molecule has 0 bridgehead atoms. The quantitative estimate of drug-likeness (QED) is 0.517. The number of hydrogen-bond acceptors (Lipinski definition) is 5. The van der Waals surface area contributed by atoms with Gasteiger partial charge in [-0.15, -0.1) is 0 Å². The Morgan fingerprint density at radius 3 is 2.58 bits per heavy atom. The smallest absolute Gasteiger partial charge is 0.324 e. The standard InChI is InChI=1S/C7H11NO4/c1-3-4(6(9)11-2)5(8)7(10)12-3/h3-5H,8H2,1-2H3/t3-,4+,5+/m1/s1. The molecular formula is C7H11NO4. The molecule has 0 amide bonds. The largest absolute Gasteiger partial charge is 0.469 e. The molecule has 1 heterocycles. The molecule has 0 spiro atoms. The van der Waals surface area contributed by atoms with E-state index in [1.807, 2.05) is 0 Å². The van der Waals surface area contributed by atoms with Crippen molar-refractivity contribution >= 4 is 11.9 Å². The van der Waals surface area contributed by atoms with Gasteiger partial charge in [-0.3, -0.25) is 9.59 Å². The summed E-state index contributed by atoms with van der Waals surface area (Å²) in [4.78, 5) is 21.9. The Morgan fingerprint density at radius 1 is 1.67 bits per heavy atom. The molecule has 0 aromatic carbocycles. The van der Waals surface area contributed by atoms with Crippen LogP contribution in [0.4, 0.5) is 0 Å². The lowest BCUT2D eigenvalue weighted by molar-refractivity contribution is -0.147. The van der Waals surface area contributed by atoms with E-state index in [1.54, 1.807) is 6.92 Å². The van der Waals surface area contributed by atoms with Crippen molar-refractivity contribution in [2.75, 3.05) is 7.11 Å². The van der Waals surface area contributed by atoms with Crippen LogP contribution in [0, 0.1) is 5.92 Å². The molecule has 1 rings (SSSR count). The summed E-state index contributed by atoms with van der Waals surface area (Å²) in [6.45, 7) is 1.62. The fourth-order valence-corrected chi connectivity index (χ4v) is 1.25. The van der Waals surface area contributed by atoms with Crippen molar-refractivity contribution in [3.63, 3.8) is 0 Å². The molecule has 3 atom stereocenters. The van der Waals surface area contributed by atoms with Crippen molar-refractivity contribution in [1.29, 1.82) is 0 Å². The molecule has 12 heavy (non-hydrogen) atoms. The third-order valence-electron chi connectivity index (χ3n) is 1.94. The van der Waals surface area contributed by atoms with Crippen LogP contribution in [-0.4, -0.2) is 31.2 Å². The highest BCUT2D eigenvalue weighted by Crippen LogP contribution is 2.21. The van der Waals surface area contributed by atoms with Gasteiger partial charge in [-0.2, -0.15) is 0 Å².